The molecule has 0 aliphatic rings. The number of hydrogen-bond acceptors (Lipinski definition) is 7. The van der Waals surface area contributed by atoms with Crippen molar-refractivity contribution in [2.24, 2.45) is 5.73 Å². The number of hydrogen-bond donors (Lipinski definition) is 2. The van der Waals surface area contributed by atoms with Crippen LogP contribution < -0.4 is 10.5 Å². The van der Waals surface area contributed by atoms with E-state index in [-0.39, 0.29) is 23.7 Å². The van der Waals surface area contributed by atoms with Gasteiger partial charge in [-0.2, -0.15) is 0 Å². The molecule has 0 radical (unpaired) electrons. The van der Waals surface area contributed by atoms with E-state index < -0.39 is 14.9 Å². The van der Waals surface area contributed by atoms with E-state index in [9.17, 15) is 18.5 Å². The third kappa shape index (κ3) is 6.45. The average molecular weight is 333 g/mol. The smallest absolute Gasteiger partial charge is 0.269 e. The number of nitrogens with one attached hydrogen (secondary N) is 1. The molecule has 9 nitrogen and oxygen atoms in total. The van der Waals surface area contributed by atoms with Crippen LogP contribution in [-0.4, -0.2) is 52.9 Å². The third-order valence-electron chi connectivity index (χ3n) is 2.53. The normalized spacial score (nSPS) is 11.5. The molecule has 0 amide bonds. The Morgan fingerprint density at radius 2 is 1.68 bits per heavy atom. The molecule has 124 valence electrons. The van der Waals surface area contributed by atoms with E-state index >= 15 is 0 Å². The predicted molar refractivity (Wildman–Crippen MR) is 79.0 cm³/mol. The summed E-state index contributed by atoms with van der Waals surface area (Å²) in [6.07, 6.45) is 0. The van der Waals surface area contributed by atoms with Gasteiger partial charge < -0.3 is 15.2 Å². The van der Waals surface area contributed by atoms with Crippen molar-refractivity contribution in [1.82, 2.24) is 4.72 Å². The zero-order valence-electron chi connectivity index (χ0n) is 11.9. The maximum Gasteiger partial charge on any atom is 0.269 e. The Bertz CT molecular complexity index is 561. The highest BCUT2D eigenvalue weighted by molar-refractivity contribution is 7.89. The molecule has 0 unspecified atom stereocenters. The van der Waals surface area contributed by atoms with Crippen LogP contribution in [0.25, 0.3) is 0 Å². The fourth-order valence-electron chi connectivity index (χ4n) is 1.48. The first-order valence-corrected chi connectivity index (χ1v) is 8.05. The summed E-state index contributed by atoms with van der Waals surface area (Å²) in [5, 5.41) is 10.5. The lowest BCUT2D eigenvalue weighted by Crippen LogP contribution is -2.27. The Balaban J connectivity index is 2.33. The number of nitrogens with zero attached hydrogens (tertiary/aromatic N) is 1. The van der Waals surface area contributed by atoms with Gasteiger partial charge in [0, 0.05) is 25.2 Å². The van der Waals surface area contributed by atoms with E-state index in [0.717, 1.165) is 12.1 Å². The maximum absolute atomic E-state index is 11.9. The molecule has 1 aromatic carbocycles. The minimum Gasteiger partial charge on any atom is -0.378 e. The fourth-order valence-corrected chi connectivity index (χ4v) is 2.50. The Morgan fingerprint density at radius 1 is 1.09 bits per heavy atom. The molecule has 0 atom stereocenters. The zero-order chi connectivity index (χ0) is 16.4. The van der Waals surface area contributed by atoms with Crippen LogP contribution in [0.5, 0.6) is 0 Å². The molecular formula is C12H19N3O6S. The van der Waals surface area contributed by atoms with Gasteiger partial charge in [0.2, 0.25) is 10.0 Å². The standard InChI is InChI=1S/C12H19N3O6S/c13-5-7-20-9-10-21-8-6-14-22(18,19)12-3-1-11(2-4-12)15(16)17/h1-4,14H,5-10,13H2. The maximum atomic E-state index is 11.9. The van der Waals surface area contributed by atoms with Crippen LogP contribution >= 0.6 is 0 Å². The molecule has 0 aliphatic carbocycles. The van der Waals surface area contributed by atoms with Crippen molar-refractivity contribution in [3.05, 3.63) is 34.4 Å². The van der Waals surface area contributed by atoms with E-state index in [1.807, 2.05) is 0 Å². The van der Waals surface area contributed by atoms with Crippen LogP contribution in [0.2, 0.25) is 0 Å². The third-order valence-corrected chi connectivity index (χ3v) is 4.01. The summed E-state index contributed by atoms with van der Waals surface area (Å²) in [7, 11) is -3.70. The van der Waals surface area contributed by atoms with Gasteiger partial charge in [0.05, 0.1) is 36.2 Å². The van der Waals surface area contributed by atoms with E-state index in [2.05, 4.69) is 4.72 Å². The summed E-state index contributed by atoms with van der Waals surface area (Å²) in [6.45, 7) is 1.92. The summed E-state index contributed by atoms with van der Waals surface area (Å²) >= 11 is 0. The van der Waals surface area contributed by atoms with Crippen LogP contribution in [-0.2, 0) is 19.5 Å². The topological polar surface area (TPSA) is 134 Å². The highest BCUT2D eigenvalue weighted by Crippen LogP contribution is 2.15. The van der Waals surface area contributed by atoms with Crippen molar-refractivity contribution in [2.45, 2.75) is 4.90 Å². The SMILES string of the molecule is NCCOCCOCCNS(=O)(=O)c1ccc([N+](=O)[O-])cc1. The predicted octanol–water partition coefficient (Wildman–Crippen LogP) is -0.135. The minimum absolute atomic E-state index is 0.0376. The lowest BCUT2D eigenvalue weighted by atomic mass is 10.3. The second-order valence-electron chi connectivity index (χ2n) is 4.16. The lowest BCUT2D eigenvalue weighted by molar-refractivity contribution is -0.384. The number of rotatable bonds is 11. The highest BCUT2D eigenvalue weighted by atomic mass is 32.2. The molecule has 1 aromatic rings. The largest absolute Gasteiger partial charge is 0.378 e. The van der Waals surface area contributed by atoms with Crippen molar-refractivity contribution in [3.8, 4) is 0 Å². The van der Waals surface area contributed by atoms with Crippen LogP contribution in [0.3, 0.4) is 0 Å². The van der Waals surface area contributed by atoms with Gasteiger partial charge in [-0.3, -0.25) is 10.1 Å². The first kappa shape index (κ1) is 18.5. The van der Waals surface area contributed by atoms with E-state index in [1.165, 1.54) is 12.1 Å². The number of nitro benzene ring substituents is 1. The molecule has 22 heavy (non-hydrogen) atoms. The molecular weight excluding hydrogens is 314 g/mol. The average Bonchev–Trinajstić information content (AvgIpc) is 2.50. The molecule has 0 aliphatic heterocycles. The Labute approximate surface area is 128 Å². The summed E-state index contributed by atoms with van der Waals surface area (Å²) in [4.78, 5) is 9.88. The molecule has 0 saturated heterocycles. The second-order valence-corrected chi connectivity index (χ2v) is 5.93. The van der Waals surface area contributed by atoms with Gasteiger partial charge in [-0.05, 0) is 12.1 Å². The summed E-state index contributed by atoms with van der Waals surface area (Å²) in [6, 6.07) is 4.64. The first-order valence-electron chi connectivity index (χ1n) is 6.57. The van der Waals surface area contributed by atoms with Gasteiger partial charge in [0.1, 0.15) is 0 Å². The van der Waals surface area contributed by atoms with Gasteiger partial charge in [-0.25, -0.2) is 13.1 Å². The minimum atomic E-state index is -3.70. The molecule has 0 spiro atoms. The van der Waals surface area contributed by atoms with Crippen molar-refractivity contribution < 1.29 is 22.8 Å². The molecule has 0 aromatic heterocycles. The summed E-state index contributed by atoms with van der Waals surface area (Å²) < 4.78 is 36.4. The van der Waals surface area contributed by atoms with Crippen molar-refractivity contribution in [3.63, 3.8) is 0 Å². The van der Waals surface area contributed by atoms with Gasteiger partial charge >= 0.3 is 0 Å². The number of ether oxygens (including phenoxy) is 2. The number of nitrogens with two attached hydrogens (primary N) is 1. The van der Waals surface area contributed by atoms with Crippen molar-refractivity contribution in [1.29, 1.82) is 0 Å². The zero-order valence-corrected chi connectivity index (χ0v) is 12.8. The lowest BCUT2D eigenvalue weighted by Gasteiger charge is -2.07. The van der Waals surface area contributed by atoms with Crippen molar-refractivity contribution in [2.75, 3.05) is 39.5 Å². The Hall–Kier alpha value is -1.59. The van der Waals surface area contributed by atoms with E-state index in [4.69, 9.17) is 15.2 Å². The summed E-state index contributed by atoms with van der Waals surface area (Å²) in [5.74, 6) is 0. The Morgan fingerprint density at radius 3 is 2.23 bits per heavy atom. The molecule has 0 heterocycles. The molecule has 1 rings (SSSR count). The highest BCUT2D eigenvalue weighted by Gasteiger charge is 2.15. The van der Waals surface area contributed by atoms with Gasteiger partial charge in [0.25, 0.3) is 5.69 Å². The van der Waals surface area contributed by atoms with Gasteiger partial charge in [-0.1, -0.05) is 0 Å². The number of sulfonamides is 1. The van der Waals surface area contributed by atoms with Gasteiger partial charge in [-0.15, -0.1) is 0 Å². The molecule has 10 heteroatoms. The van der Waals surface area contributed by atoms with Gasteiger partial charge in [0.15, 0.2) is 0 Å². The molecule has 0 bridgehead atoms. The molecule has 0 saturated carbocycles. The van der Waals surface area contributed by atoms with Crippen LogP contribution in [0.4, 0.5) is 5.69 Å². The first-order chi connectivity index (χ1) is 10.5. The number of benzene rings is 1. The Kier molecular flexibility index (Phi) is 7.91. The van der Waals surface area contributed by atoms with E-state index in [1.54, 1.807) is 0 Å². The molecule has 3 N–H and O–H groups in total. The van der Waals surface area contributed by atoms with Crippen molar-refractivity contribution >= 4 is 15.7 Å². The fraction of sp³-hybridized carbons (Fsp3) is 0.500. The van der Waals surface area contributed by atoms with Crippen LogP contribution in [0.15, 0.2) is 29.2 Å². The van der Waals surface area contributed by atoms with Crippen LogP contribution in [0, 0.1) is 10.1 Å². The molecule has 0 fully saturated rings. The number of non-ortho nitro benzene ring substituents is 1. The second kappa shape index (κ2) is 9.43. The number of nitro groups is 1. The van der Waals surface area contributed by atoms with E-state index in [0.29, 0.717) is 26.4 Å². The quantitative estimate of drug-likeness (QED) is 0.327. The van der Waals surface area contributed by atoms with Crippen LogP contribution in [0.1, 0.15) is 0 Å². The summed E-state index contributed by atoms with van der Waals surface area (Å²) in [5.41, 5.74) is 5.07. The monoisotopic (exact) mass is 333 g/mol.